The van der Waals surface area contributed by atoms with Gasteiger partial charge in [0.1, 0.15) is 13.2 Å². The van der Waals surface area contributed by atoms with Gasteiger partial charge in [-0.25, -0.2) is 9.36 Å². The lowest BCUT2D eigenvalue weighted by molar-refractivity contribution is -0.161. The number of ether oxygens (including phenoxy) is 3. The van der Waals surface area contributed by atoms with Crippen molar-refractivity contribution in [3.8, 4) is 0 Å². The van der Waals surface area contributed by atoms with Crippen molar-refractivity contribution in [2.24, 2.45) is 0 Å². The maximum Gasteiger partial charge on any atom is 0.472 e. The summed E-state index contributed by atoms with van der Waals surface area (Å²) < 4.78 is 38.8. The highest BCUT2D eigenvalue weighted by Gasteiger charge is 2.26. The van der Waals surface area contributed by atoms with Crippen LogP contribution in [-0.4, -0.2) is 78.9 Å². The Bertz CT molecular complexity index is 1100. The fraction of sp³-hybridized carbons (Fsp3) is 0.913. The Morgan fingerprint density at radius 3 is 1.33 bits per heavy atom. The van der Waals surface area contributed by atoms with Crippen molar-refractivity contribution in [3.63, 3.8) is 0 Å². The molecule has 0 saturated carbocycles. The molecule has 3 N–H and O–H groups in total. The molecular formula is C46H88IN2O11P. The summed E-state index contributed by atoms with van der Waals surface area (Å²) in [5.74, 6) is -1.10. The number of esters is 2. The van der Waals surface area contributed by atoms with Gasteiger partial charge in [-0.15, -0.1) is 0 Å². The SMILES string of the molecule is CCCCCCCCCCCCCCCCCC(=O)OC[C@H](COP(=O)(O)OCCNC(=O)OCCNC(=O)CI)OC(=O)CCCCCCCCCCCCCCCCC. The minimum absolute atomic E-state index is 0.0414. The van der Waals surface area contributed by atoms with Gasteiger partial charge in [-0.05, 0) is 12.8 Å². The summed E-state index contributed by atoms with van der Waals surface area (Å²) in [5.41, 5.74) is 0. The predicted octanol–water partition coefficient (Wildman–Crippen LogP) is 12.4. The second-order valence-electron chi connectivity index (χ2n) is 16.3. The molecule has 61 heavy (non-hydrogen) atoms. The van der Waals surface area contributed by atoms with Crippen molar-refractivity contribution in [1.29, 1.82) is 0 Å². The zero-order valence-electron chi connectivity index (χ0n) is 38.5. The van der Waals surface area contributed by atoms with Gasteiger partial charge < -0.3 is 29.7 Å². The van der Waals surface area contributed by atoms with Crippen molar-refractivity contribution in [2.75, 3.05) is 43.9 Å². The van der Waals surface area contributed by atoms with Gasteiger partial charge in [0.2, 0.25) is 5.91 Å². The molecule has 0 bridgehead atoms. The number of phosphoric acid groups is 1. The van der Waals surface area contributed by atoms with Crippen LogP contribution in [0.25, 0.3) is 0 Å². The number of hydrogen-bond donors (Lipinski definition) is 3. The van der Waals surface area contributed by atoms with Gasteiger partial charge in [0.25, 0.3) is 0 Å². The van der Waals surface area contributed by atoms with Gasteiger partial charge in [0.15, 0.2) is 6.10 Å². The van der Waals surface area contributed by atoms with Crippen LogP contribution in [0.15, 0.2) is 0 Å². The molecule has 0 aromatic carbocycles. The van der Waals surface area contributed by atoms with Crippen LogP contribution in [-0.2, 0) is 42.2 Å². The van der Waals surface area contributed by atoms with E-state index < -0.39 is 38.6 Å². The van der Waals surface area contributed by atoms with Crippen LogP contribution in [0.1, 0.15) is 219 Å². The van der Waals surface area contributed by atoms with Gasteiger partial charge >= 0.3 is 25.9 Å². The van der Waals surface area contributed by atoms with Crippen LogP contribution in [0.2, 0.25) is 0 Å². The van der Waals surface area contributed by atoms with E-state index in [-0.39, 0.29) is 56.1 Å². The quantitative estimate of drug-likeness (QED) is 0.0132. The van der Waals surface area contributed by atoms with E-state index in [0.717, 1.165) is 38.5 Å². The summed E-state index contributed by atoms with van der Waals surface area (Å²) in [6.07, 6.45) is 35.2. The highest BCUT2D eigenvalue weighted by Crippen LogP contribution is 2.43. The maximum atomic E-state index is 12.7. The zero-order chi connectivity index (χ0) is 44.9. The van der Waals surface area contributed by atoms with Crippen LogP contribution >= 0.6 is 30.4 Å². The smallest absolute Gasteiger partial charge is 0.462 e. The number of carbonyl (C=O) groups is 4. The summed E-state index contributed by atoms with van der Waals surface area (Å²) in [6, 6.07) is 0. The third kappa shape index (κ3) is 44.9. The summed E-state index contributed by atoms with van der Waals surface area (Å²) in [6.45, 7) is 3.26. The van der Waals surface area contributed by atoms with Crippen LogP contribution in [0.5, 0.6) is 0 Å². The number of hydrogen-bond acceptors (Lipinski definition) is 10. The molecule has 0 heterocycles. The van der Waals surface area contributed by atoms with E-state index in [2.05, 4.69) is 24.5 Å². The normalized spacial score (nSPS) is 12.7. The molecule has 0 aromatic heterocycles. The molecule has 0 rings (SSSR count). The van der Waals surface area contributed by atoms with Crippen LogP contribution in [0.4, 0.5) is 4.79 Å². The Labute approximate surface area is 384 Å². The Morgan fingerprint density at radius 2 is 0.902 bits per heavy atom. The molecule has 0 fully saturated rings. The minimum Gasteiger partial charge on any atom is -0.462 e. The van der Waals surface area contributed by atoms with Gasteiger partial charge in [0, 0.05) is 19.4 Å². The van der Waals surface area contributed by atoms with Crippen molar-refractivity contribution in [3.05, 3.63) is 0 Å². The molecule has 0 radical (unpaired) electrons. The fourth-order valence-corrected chi connectivity index (χ4v) is 7.88. The van der Waals surface area contributed by atoms with E-state index >= 15 is 0 Å². The number of amides is 2. The third-order valence-corrected chi connectivity index (χ3v) is 12.2. The number of halogens is 1. The second kappa shape index (κ2) is 45.1. The monoisotopic (exact) mass is 1000 g/mol. The van der Waals surface area contributed by atoms with Crippen molar-refractivity contribution >= 4 is 54.4 Å². The maximum absolute atomic E-state index is 12.7. The largest absolute Gasteiger partial charge is 0.472 e. The lowest BCUT2D eigenvalue weighted by Gasteiger charge is -2.20. The number of carbonyl (C=O) groups excluding carboxylic acids is 4. The first kappa shape index (κ1) is 59.5. The molecule has 0 aliphatic rings. The number of alkyl carbamates (subject to hydrolysis) is 1. The average Bonchev–Trinajstić information content (AvgIpc) is 3.24. The number of unbranched alkanes of at least 4 members (excludes halogenated alkanes) is 28. The average molecular weight is 1000 g/mol. The van der Waals surface area contributed by atoms with E-state index in [9.17, 15) is 28.6 Å². The number of alkyl halides is 1. The van der Waals surface area contributed by atoms with E-state index in [0.29, 0.717) is 12.8 Å². The van der Waals surface area contributed by atoms with Crippen LogP contribution in [0.3, 0.4) is 0 Å². The Balaban J connectivity index is 4.50. The molecule has 360 valence electrons. The molecule has 0 saturated heterocycles. The molecule has 2 amide bonds. The van der Waals surface area contributed by atoms with E-state index in [1.54, 1.807) is 0 Å². The van der Waals surface area contributed by atoms with E-state index in [1.807, 2.05) is 22.6 Å². The zero-order valence-corrected chi connectivity index (χ0v) is 41.6. The standard InChI is InChI=1S/C46H88IN2O11P/c1-3-5-7-9-11-13-15-17-19-21-23-25-27-29-31-33-44(51)57-40-42(41-59-61(54,55)58-38-36-49-46(53)56-37-35-48-43(50)39-47)60-45(52)34-32-30-28-26-24-22-20-18-16-14-12-10-8-6-4-2/h42H,3-41H2,1-2H3,(H,48,50)(H,49,53)(H,54,55)/t42-/m1/s1. The summed E-state index contributed by atoms with van der Waals surface area (Å²) in [4.78, 5) is 58.6. The number of phosphoric ester groups is 1. The molecule has 0 aliphatic carbocycles. The van der Waals surface area contributed by atoms with Crippen molar-refractivity contribution in [2.45, 2.75) is 225 Å². The topological polar surface area (TPSA) is 176 Å². The molecule has 2 atom stereocenters. The predicted molar refractivity (Wildman–Crippen MR) is 253 cm³/mol. The molecule has 0 aromatic rings. The highest BCUT2D eigenvalue weighted by molar-refractivity contribution is 14.1. The molecular weight excluding hydrogens is 914 g/mol. The first-order valence-electron chi connectivity index (χ1n) is 24.3. The molecule has 0 spiro atoms. The summed E-state index contributed by atoms with van der Waals surface area (Å²) in [5, 5.41) is 4.93. The fourth-order valence-electron chi connectivity index (χ4n) is 6.86. The van der Waals surface area contributed by atoms with Gasteiger partial charge in [-0.2, -0.15) is 0 Å². The first-order chi connectivity index (χ1) is 29.6. The minimum atomic E-state index is -4.61. The van der Waals surface area contributed by atoms with Crippen LogP contribution < -0.4 is 10.6 Å². The Hall–Kier alpha value is -1.48. The van der Waals surface area contributed by atoms with Crippen LogP contribution in [0, 0.1) is 0 Å². The van der Waals surface area contributed by atoms with E-state index in [4.69, 9.17) is 23.3 Å². The third-order valence-electron chi connectivity index (χ3n) is 10.5. The first-order valence-corrected chi connectivity index (χ1v) is 27.4. The molecule has 13 nitrogen and oxygen atoms in total. The van der Waals surface area contributed by atoms with Crippen molar-refractivity contribution in [1.82, 2.24) is 10.6 Å². The number of rotatable bonds is 46. The lowest BCUT2D eigenvalue weighted by atomic mass is 10.0. The van der Waals surface area contributed by atoms with Gasteiger partial charge in [-0.1, -0.05) is 216 Å². The van der Waals surface area contributed by atoms with Gasteiger partial charge in [-0.3, -0.25) is 23.4 Å². The van der Waals surface area contributed by atoms with Crippen molar-refractivity contribution < 1.29 is 51.9 Å². The highest BCUT2D eigenvalue weighted by atomic mass is 127. The number of nitrogens with one attached hydrogen (secondary N) is 2. The van der Waals surface area contributed by atoms with Gasteiger partial charge in [0.05, 0.1) is 24.2 Å². The molecule has 0 aliphatic heterocycles. The Kier molecular flexibility index (Phi) is 44.0. The summed E-state index contributed by atoms with van der Waals surface area (Å²) >= 11 is 1.92. The Morgan fingerprint density at radius 1 is 0.508 bits per heavy atom. The second-order valence-corrected chi connectivity index (χ2v) is 18.6. The molecule has 15 heteroatoms. The summed E-state index contributed by atoms with van der Waals surface area (Å²) in [7, 11) is -4.61. The van der Waals surface area contributed by atoms with E-state index in [1.165, 1.54) is 141 Å². The lowest BCUT2D eigenvalue weighted by Crippen LogP contribution is -2.32. The molecule has 1 unspecified atom stereocenters.